The van der Waals surface area contributed by atoms with Crippen LogP contribution < -0.4 is 34.9 Å². The summed E-state index contributed by atoms with van der Waals surface area (Å²) in [7, 11) is 0. The molecule has 0 aliphatic rings. The Morgan fingerprint density at radius 1 is 0.875 bits per heavy atom. The van der Waals surface area contributed by atoms with Gasteiger partial charge in [-0.3, -0.25) is 0 Å². The Bertz CT molecular complexity index is 37.8. The average molecular weight is 124 g/mol. The third kappa shape index (κ3) is 10.0. The van der Waals surface area contributed by atoms with E-state index in [-0.39, 0.29) is 29.6 Å². The van der Waals surface area contributed by atoms with E-state index in [1.54, 1.807) is 0 Å². The first-order valence-electron chi connectivity index (χ1n) is 2.89. The van der Waals surface area contributed by atoms with Gasteiger partial charge in [0.2, 0.25) is 0 Å². The molecule has 0 amide bonds. The van der Waals surface area contributed by atoms with E-state index in [2.05, 4.69) is 33.0 Å². The van der Waals surface area contributed by atoms with Crippen LogP contribution in [0, 0.1) is 0 Å². The van der Waals surface area contributed by atoms with Gasteiger partial charge in [-0.1, -0.05) is 27.7 Å². The van der Waals surface area contributed by atoms with Gasteiger partial charge in [0.25, 0.3) is 0 Å². The van der Waals surface area contributed by atoms with Gasteiger partial charge in [-0.05, 0) is 0 Å². The summed E-state index contributed by atoms with van der Waals surface area (Å²) in [6.45, 7) is 8.61. The van der Waals surface area contributed by atoms with Gasteiger partial charge in [-0.2, -0.15) is 0 Å². The molecule has 1 N–H and O–H groups in total. The fourth-order valence-corrected chi connectivity index (χ4v) is 0.667. The molecule has 0 aromatic heterocycles. The van der Waals surface area contributed by atoms with Crippen molar-refractivity contribution in [3.63, 3.8) is 0 Å². The fourth-order valence-electron chi connectivity index (χ4n) is 0.667. The molecule has 0 radical (unpaired) electrons. The summed E-state index contributed by atoms with van der Waals surface area (Å²) >= 11 is 0. The van der Waals surface area contributed by atoms with E-state index < -0.39 is 0 Å². The first kappa shape index (κ1) is 11.7. The molecular weight excluding hydrogens is 109 g/mol. The molecule has 0 unspecified atom stereocenters. The van der Waals surface area contributed by atoms with Crippen molar-refractivity contribution in [2.45, 2.75) is 39.8 Å². The molecule has 44 valence electrons. The summed E-state index contributed by atoms with van der Waals surface area (Å²) in [5.74, 6) is 0. The molecule has 0 bridgehead atoms. The van der Waals surface area contributed by atoms with Gasteiger partial charge >= 0.3 is 29.6 Å². The smallest absolute Gasteiger partial charge is 0.312 e. The van der Waals surface area contributed by atoms with Crippen LogP contribution >= 0.6 is 0 Å². The summed E-state index contributed by atoms with van der Waals surface area (Å²) in [4.78, 5) is 0. The molecule has 0 atom stereocenters. The molecule has 0 saturated carbocycles. The van der Waals surface area contributed by atoms with E-state index in [0.29, 0.717) is 12.1 Å². The summed E-state index contributed by atoms with van der Waals surface area (Å²) in [5.41, 5.74) is 0. The quantitative estimate of drug-likeness (QED) is 0.437. The van der Waals surface area contributed by atoms with Crippen LogP contribution in [0.3, 0.4) is 0 Å². The Hall–Kier alpha value is 0.960. The molecule has 0 rings (SSSR count). The van der Waals surface area contributed by atoms with E-state index in [0.717, 1.165) is 0 Å². The van der Waals surface area contributed by atoms with Gasteiger partial charge in [0.05, 0.1) is 0 Å². The molecule has 0 spiro atoms. The van der Waals surface area contributed by atoms with Crippen molar-refractivity contribution >= 4 is 0 Å². The van der Waals surface area contributed by atoms with Crippen molar-refractivity contribution in [3.8, 4) is 0 Å². The van der Waals surface area contributed by atoms with Gasteiger partial charge in [0, 0.05) is 12.1 Å². The van der Waals surface area contributed by atoms with Crippen molar-refractivity contribution < 1.29 is 29.6 Å². The Labute approximate surface area is 74.5 Å². The predicted octanol–water partition coefficient (Wildman–Crippen LogP) is -1.60. The Morgan fingerprint density at radius 2 is 1.12 bits per heavy atom. The second kappa shape index (κ2) is 6.09. The Balaban J connectivity index is 0. The van der Waals surface area contributed by atoms with Gasteiger partial charge < -0.3 is 5.32 Å². The van der Waals surface area contributed by atoms with E-state index >= 15 is 0 Å². The van der Waals surface area contributed by atoms with Crippen LogP contribution in [0.1, 0.15) is 27.7 Å². The standard InChI is InChI=1S/C6H15N.Na/c1-5(2)7-6(3)4;/h5-7H,1-4H3;/q;+1. The molecule has 0 saturated heterocycles. The normalized spacial score (nSPS) is 9.75. The topological polar surface area (TPSA) is 12.0 Å². The molecule has 0 aliphatic carbocycles. The summed E-state index contributed by atoms with van der Waals surface area (Å²) in [5, 5.41) is 3.31. The van der Waals surface area contributed by atoms with Crippen LogP contribution in [-0.2, 0) is 0 Å². The number of nitrogens with one attached hydrogen (secondary N) is 1. The van der Waals surface area contributed by atoms with Crippen molar-refractivity contribution in [1.29, 1.82) is 0 Å². The van der Waals surface area contributed by atoms with Crippen LogP contribution in [0.2, 0.25) is 0 Å². The number of hydrogen-bond acceptors (Lipinski definition) is 1. The van der Waals surface area contributed by atoms with Crippen molar-refractivity contribution in [2.75, 3.05) is 0 Å². The van der Waals surface area contributed by atoms with Crippen molar-refractivity contribution in [3.05, 3.63) is 0 Å². The summed E-state index contributed by atoms with van der Waals surface area (Å²) in [6.07, 6.45) is 0. The monoisotopic (exact) mass is 124 g/mol. The van der Waals surface area contributed by atoms with Gasteiger partial charge in [-0.25, -0.2) is 0 Å². The molecule has 0 aliphatic heterocycles. The van der Waals surface area contributed by atoms with Crippen LogP contribution in [0.4, 0.5) is 0 Å². The minimum Gasteiger partial charge on any atom is -0.312 e. The van der Waals surface area contributed by atoms with E-state index in [1.165, 1.54) is 0 Å². The van der Waals surface area contributed by atoms with E-state index in [1.807, 2.05) is 0 Å². The predicted molar refractivity (Wildman–Crippen MR) is 33.4 cm³/mol. The van der Waals surface area contributed by atoms with Gasteiger partial charge in [-0.15, -0.1) is 0 Å². The molecule has 8 heavy (non-hydrogen) atoms. The molecule has 0 heterocycles. The van der Waals surface area contributed by atoms with Gasteiger partial charge in [0.15, 0.2) is 0 Å². The second-order valence-corrected chi connectivity index (χ2v) is 2.48. The minimum absolute atomic E-state index is 0. The maximum Gasteiger partial charge on any atom is 1.00 e. The van der Waals surface area contributed by atoms with E-state index in [4.69, 9.17) is 0 Å². The van der Waals surface area contributed by atoms with Gasteiger partial charge in [0.1, 0.15) is 0 Å². The molecule has 0 aromatic carbocycles. The third-order valence-electron chi connectivity index (χ3n) is 0.667. The summed E-state index contributed by atoms with van der Waals surface area (Å²) in [6, 6.07) is 1.25. The first-order valence-corrected chi connectivity index (χ1v) is 2.89. The molecule has 0 fully saturated rings. The first-order chi connectivity index (χ1) is 3.13. The third-order valence-corrected chi connectivity index (χ3v) is 0.667. The molecular formula is C6H15NNa+. The minimum atomic E-state index is 0. The van der Waals surface area contributed by atoms with E-state index in [9.17, 15) is 0 Å². The molecule has 1 nitrogen and oxygen atoms in total. The van der Waals surface area contributed by atoms with Crippen LogP contribution in [0.15, 0.2) is 0 Å². The summed E-state index contributed by atoms with van der Waals surface area (Å²) < 4.78 is 0. The molecule has 0 aromatic rings. The van der Waals surface area contributed by atoms with Crippen molar-refractivity contribution in [2.24, 2.45) is 0 Å². The number of hydrogen-bond donors (Lipinski definition) is 1. The maximum atomic E-state index is 3.31. The molecule has 2 heteroatoms. The van der Waals surface area contributed by atoms with Crippen LogP contribution in [0.5, 0.6) is 0 Å². The SMILES string of the molecule is CC(C)NC(C)C.[Na+]. The van der Waals surface area contributed by atoms with Crippen LogP contribution in [-0.4, -0.2) is 12.1 Å². The number of rotatable bonds is 2. The zero-order chi connectivity index (χ0) is 5.86. The fraction of sp³-hybridized carbons (Fsp3) is 1.00. The average Bonchev–Trinajstić information content (AvgIpc) is 1.27. The van der Waals surface area contributed by atoms with Crippen molar-refractivity contribution in [1.82, 2.24) is 5.32 Å². The Kier molecular flexibility index (Phi) is 8.92. The Morgan fingerprint density at radius 3 is 1.12 bits per heavy atom. The largest absolute Gasteiger partial charge is 1.00 e. The maximum absolute atomic E-state index is 3.31. The zero-order valence-electron chi connectivity index (χ0n) is 6.65. The van der Waals surface area contributed by atoms with Crippen LogP contribution in [0.25, 0.3) is 0 Å². The zero-order valence-corrected chi connectivity index (χ0v) is 8.65. The second-order valence-electron chi connectivity index (χ2n) is 2.48.